The largest absolute Gasteiger partial charge is 0.487 e. The van der Waals surface area contributed by atoms with Gasteiger partial charge in [-0.05, 0) is 118 Å². The summed E-state index contributed by atoms with van der Waals surface area (Å²) in [7, 11) is 0. The molecule has 1 aromatic heterocycles. The van der Waals surface area contributed by atoms with Crippen molar-refractivity contribution in [3.8, 4) is 5.75 Å². The number of thioether (sulfide) groups is 1. The lowest BCUT2D eigenvalue weighted by molar-refractivity contribution is -0.138. The molecule has 0 radical (unpaired) electrons. The quantitative estimate of drug-likeness (QED) is 0.0848. The number of halogens is 3. The van der Waals surface area contributed by atoms with Gasteiger partial charge in [0.05, 0.1) is 35.6 Å². The van der Waals surface area contributed by atoms with Gasteiger partial charge in [0.2, 0.25) is 0 Å². The summed E-state index contributed by atoms with van der Waals surface area (Å²) in [6.07, 6.45) is 3.90. The molecule has 1 atom stereocenters. The molecule has 238 valence electrons. The molecule has 0 saturated heterocycles. The fraction of sp³-hybridized carbons (Fsp3) is 0.139. The maximum atomic E-state index is 14.3. The van der Waals surface area contributed by atoms with Gasteiger partial charge in [-0.2, -0.15) is 0 Å². The van der Waals surface area contributed by atoms with E-state index in [0.29, 0.717) is 27.2 Å². The molecule has 1 aliphatic rings. The van der Waals surface area contributed by atoms with E-state index in [2.05, 4.69) is 61.1 Å². The number of ether oxygens (including phenoxy) is 2. The van der Waals surface area contributed by atoms with E-state index in [1.807, 2.05) is 103 Å². The van der Waals surface area contributed by atoms with Gasteiger partial charge in [0.25, 0.3) is 5.56 Å². The fourth-order valence-corrected chi connectivity index (χ4v) is 9.03. The van der Waals surface area contributed by atoms with Gasteiger partial charge in [-0.15, -0.1) is 11.8 Å². The van der Waals surface area contributed by atoms with Crippen molar-refractivity contribution in [2.24, 2.45) is 4.99 Å². The van der Waals surface area contributed by atoms with E-state index in [9.17, 15) is 9.59 Å². The SMILES string of the molecule is CCOC(=O)C1=C(c2ccccc2)N=c2s/c(=C\c3cc(I)c(OCc4ccc(Br)cc4)c(I)c3)c(=O)n2[C@@H]1c1ccc(SC)cc1. The molecule has 1 aliphatic heterocycles. The molecule has 4 aromatic carbocycles. The second-order valence-corrected chi connectivity index (χ2v) is 15.6. The predicted molar refractivity (Wildman–Crippen MR) is 210 cm³/mol. The van der Waals surface area contributed by atoms with Crippen molar-refractivity contribution in [1.29, 1.82) is 0 Å². The van der Waals surface area contributed by atoms with Crippen molar-refractivity contribution >= 4 is 102 Å². The Morgan fingerprint density at radius 1 is 1.02 bits per heavy atom. The van der Waals surface area contributed by atoms with Gasteiger partial charge in [-0.25, -0.2) is 9.79 Å². The third-order valence-electron chi connectivity index (χ3n) is 7.42. The summed E-state index contributed by atoms with van der Waals surface area (Å²) < 4.78 is 16.8. The van der Waals surface area contributed by atoms with Crippen LogP contribution in [0.15, 0.2) is 116 Å². The molecule has 6 nitrogen and oxygen atoms in total. The maximum Gasteiger partial charge on any atom is 0.338 e. The van der Waals surface area contributed by atoms with Crippen LogP contribution in [0, 0.1) is 7.14 Å². The van der Waals surface area contributed by atoms with Crippen LogP contribution in [0.1, 0.15) is 35.2 Å². The number of nitrogens with zero attached hydrogens (tertiary/aromatic N) is 2. The second kappa shape index (κ2) is 15.2. The van der Waals surface area contributed by atoms with Crippen LogP contribution in [-0.4, -0.2) is 23.4 Å². The standard InChI is InChI=1S/C36H27BrI2N2O4S2/c1-3-44-35(43)30-31(23-7-5-4-6-8-23)40-36-41(32(30)24-11-15-26(46-2)16-12-24)34(42)29(47-36)19-22-17-27(38)33(28(39)18-22)45-20-21-9-13-25(37)14-10-21/h4-19,32H,3,20H2,1-2H3/b29-19-/t32-/m1/s1. The topological polar surface area (TPSA) is 69.9 Å². The second-order valence-electron chi connectivity index (χ2n) is 10.4. The molecule has 2 heterocycles. The van der Waals surface area contributed by atoms with E-state index in [0.717, 1.165) is 44.5 Å². The molecule has 0 spiro atoms. The number of carbonyl (C=O) groups excluding carboxylic acids is 1. The fourth-order valence-electron chi connectivity index (χ4n) is 5.23. The highest BCUT2D eigenvalue weighted by Crippen LogP contribution is 2.36. The van der Waals surface area contributed by atoms with Crippen LogP contribution in [0.4, 0.5) is 0 Å². The maximum absolute atomic E-state index is 14.3. The van der Waals surface area contributed by atoms with Gasteiger partial charge in [0.15, 0.2) is 4.80 Å². The Morgan fingerprint density at radius 3 is 2.34 bits per heavy atom. The number of thiazole rings is 1. The van der Waals surface area contributed by atoms with Gasteiger partial charge >= 0.3 is 5.97 Å². The third-order valence-corrected chi connectivity index (χ3v) is 11.3. The molecule has 0 saturated carbocycles. The Hall–Kier alpha value is -2.72. The minimum absolute atomic E-state index is 0.201. The Balaban J connectivity index is 1.47. The molecule has 0 amide bonds. The summed E-state index contributed by atoms with van der Waals surface area (Å²) in [6.45, 7) is 2.42. The number of hydrogen-bond donors (Lipinski definition) is 0. The predicted octanol–water partition coefficient (Wildman–Crippen LogP) is 8.21. The van der Waals surface area contributed by atoms with Crippen LogP contribution in [0.5, 0.6) is 5.75 Å². The average molecular weight is 949 g/mol. The Morgan fingerprint density at radius 2 is 1.70 bits per heavy atom. The Kier molecular flexibility index (Phi) is 11.1. The summed E-state index contributed by atoms with van der Waals surface area (Å²) in [5.41, 5.74) is 4.15. The van der Waals surface area contributed by atoms with Crippen LogP contribution in [0.25, 0.3) is 11.8 Å². The van der Waals surface area contributed by atoms with Crippen molar-refractivity contribution in [1.82, 2.24) is 4.57 Å². The molecule has 11 heteroatoms. The average Bonchev–Trinajstić information content (AvgIpc) is 3.38. The van der Waals surface area contributed by atoms with Gasteiger partial charge < -0.3 is 9.47 Å². The zero-order valence-corrected chi connectivity index (χ0v) is 32.7. The van der Waals surface area contributed by atoms with Gasteiger partial charge in [0.1, 0.15) is 12.4 Å². The zero-order valence-electron chi connectivity index (χ0n) is 25.2. The number of aromatic nitrogens is 1. The number of esters is 1. The lowest BCUT2D eigenvalue weighted by atomic mass is 9.93. The lowest BCUT2D eigenvalue weighted by Gasteiger charge is -2.26. The summed E-state index contributed by atoms with van der Waals surface area (Å²) in [5, 5.41) is 0. The number of benzene rings is 4. The minimum atomic E-state index is -0.715. The highest BCUT2D eigenvalue weighted by molar-refractivity contribution is 14.1. The monoisotopic (exact) mass is 948 g/mol. The molecule has 5 aromatic rings. The van der Waals surface area contributed by atoms with E-state index in [4.69, 9.17) is 14.5 Å². The van der Waals surface area contributed by atoms with Gasteiger partial charge in [0, 0.05) is 14.9 Å². The molecule has 0 fully saturated rings. The van der Waals surface area contributed by atoms with E-state index in [1.165, 1.54) is 11.3 Å². The Labute approximate surface area is 316 Å². The van der Waals surface area contributed by atoms with Crippen LogP contribution >= 0.6 is 84.2 Å². The summed E-state index contributed by atoms with van der Waals surface area (Å²) >= 11 is 11.0. The van der Waals surface area contributed by atoms with E-state index in [-0.39, 0.29) is 12.2 Å². The van der Waals surface area contributed by atoms with Crippen LogP contribution in [0.3, 0.4) is 0 Å². The highest BCUT2D eigenvalue weighted by atomic mass is 127. The minimum Gasteiger partial charge on any atom is -0.487 e. The lowest BCUT2D eigenvalue weighted by Crippen LogP contribution is -2.40. The summed E-state index contributed by atoms with van der Waals surface area (Å²) in [5.74, 6) is 0.305. The number of carbonyl (C=O) groups is 1. The third kappa shape index (κ3) is 7.48. The number of rotatable bonds is 9. The summed E-state index contributed by atoms with van der Waals surface area (Å²) in [4.78, 5) is 34.5. The molecule has 0 unspecified atom stereocenters. The molecule has 47 heavy (non-hydrogen) atoms. The van der Waals surface area contributed by atoms with Crippen molar-refractivity contribution in [2.45, 2.75) is 24.5 Å². The smallest absolute Gasteiger partial charge is 0.338 e. The van der Waals surface area contributed by atoms with Crippen LogP contribution < -0.4 is 19.6 Å². The van der Waals surface area contributed by atoms with Crippen molar-refractivity contribution in [3.05, 3.63) is 150 Å². The first kappa shape index (κ1) is 34.2. The van der Waals surface area contributed by atoms with Crippen molar-refractivity contribution in [3.63, 3.8) is 0 Å². The molecule has 6 rings (SSSR count). The molecule has 0 N–H and O–H groups in total. The van der Waals surface area contributed by atoms with Crippen LogP contribution in [-0.2, 0) is 16.1 Å². The van der Waals surface area contributed by atoms with Gasteiger partial charge in [-0.3, -0.25) is 9.36 Å². The van der Waals surface area contributed by atoms with E-state index >= 15 is 0 Å². The van der Waals surface area contributed by atoms with Gasteiger partial charge in [-0.1, -0.05) is 81.9 Å². The van der Waals surface area contributed by atoms with E-state index in [1.54, 1.807) is 23.3 Å². The number of fused-ring (bicyclic) bond motifs is 1. The normalized spacial score (nSPS) is 14.5. The summed E-state index contributed by atoms with van der Waals surface area (Å²) in [6, 6.07) is 28.9. The molecule has 0 aliphatic carbocycles. The van der Waals surface area contributed by atoms with Crippen molar-refractivity contribution in [2.75, 3.05) is 12.9 Å². The number of hydrogen-bond acceptors (Lipinski definition) is 7. The first-order valence-corrected chi connectivity index (χ1v) is 19.5. The first-order valence-electron chi connectivity index (χ1n) is 14.6. The van der Waals surface area contributed by atoms with Crippen molar-refractivity contribution < 1.29 is 14.3 Å². The first-order chi connectivity index (χ1) is 22.8. The Bertz CT molecular complexity index is 2140. The van der Waals surface area contributed by atoms with Crippen LogP contribution in [0.2, 0.25) is 0 Å². The molecule has 0 bridgehead atoms. The molecular formula is C36H27BrI2N2O4S2. The molecular weight excluding hydrogens is 922 g/mol. The highest BCUT2D eigenvalue weighted by Gasteiger charge is 2.35. The van der Waals surface area contributed by atoms with E-state index < -0.39 is 12.0 Å². The zero-order chi connectivity index (χ0) is 33.1.